The number of nitrogens with one attached hydrogen (secondary N) is 1. The highest BCUT2D eigenvalue weighted by Gasteiger charge is 2.18. The van der Waals surface area contributed by atoms with Gasteiger partial charge in [-0.25, -0.2) is 9.97 Å². The number of carboxylic acid groups (broad SMARTS) is 1. The number of aromatic amines is 1. The number of nitrogens with zero attached hydrogens (tertiary/aromatic N) is 3. The minimum Gasteiger partial charge on any atom is -0.480 e. The van der Waals surface area contributed by atoms with Crippen LogP contribution in [0.3, 0.4) is 0 Å². The van der Waals surface area contributed by atoms with Gasteiger partial charge < -0.3 is 10.8 Å². The molecule has 7 nitrogen and oxygen atoms in total. The highest BCUT2D eigenvalue weighted by Crippen LogP contribution is 2.22. The number of hydrogen-bond donors (Lipinski definition) is 3. The van der Waals surface area contributed by atoms with Crippen molar-refractivity contribution in [2.24, 2.45) is 5.73 Å². The van der Waals surface area contributed by atoms with Crippen molar-refractivity contribution in [3.8, 4) is 10.8 Å². The van der Waals surface area contributed by atoms with Gasteiger partial charge in [-0.15, -0.1) is 11.3 Å². The maximum absolute atomic E-state index is 10.6. The summed E-state index contributed by atoms with van der Waals surface area (Å²) in [5.74, 6) is -0.603. The summed E-state index contributed by atoms with van der Waals surface area (Å²) >= 11 is 1.26. The Kier molecular flexibility index (Phi) is 2.44. The third-order valence-electron chi connectivity index (χ3n) is 1.72. The highest BCUT2D eigenvalue weighted by molar-refractivity contribution is 7.13. The van der Waals surface area contributed by atoms with E-state index in [1.807, 2.05) is 0 Å². The lowest BCUT2D eigenvalue weighted by molar-refractivity contribution is -0.138. The molecule has 0 fully saturated rings. The molecule has 0 saturated carbocycles. The lowest BCUT2D eigenvalue weighted by Gasteiger charge is -1.99. The number of thiazole rings is 1. The third kappa shape index (κ3) is 1.85. The fourth-order valence-corrected chi connectivity index (χ4v) is 1.77. The van der Waals surface area contributed by atoms with Gasteiger partial charge >= 0.3 is 5.97 Å². The van der Waals surface area contributed by atoms with Gasteiger partial charge in [-0.3, -0.25) is 9.89 Å². The molecule has 4 N–H and O–H groups in total. The second kappa shape index (κ2) is 3.75. The van der Waals surface area contributed by atoms with Crippen molar-refractivity contribution in [1.29, 1.82) is 0 Å². The summed E-state index contributed by atoms with van der Waals surface area (Å²) in [5, 5.41) is 17.1. The molecular formula is C7H7N5O2S. The van der Waals surface area contributed by atoms with E-state index in [9.17, 15) is 4.79 Å². The molecule has 0 spiro atoms. The van der Waals surface area contributed by atoms with Gasteiger partial charge in [0.1, 0.15) is 12.4 Å². The molecule has 0 aliphatic heterocycles. The zero-order chi connectivity index (χ0) is 10.8. The van der Waals surface area contributed by atoms with Crippen LogP contribution in [0.15, 0.2) is 11.7 Å². The van der Waals surface area contributed by atoms with Crippen LogP contribution in [0.25, 0.3) is 10.8 Å². The van der Waals surface area contributed by atoms with Crippen molar-refractivity contribution in [3.05, 3.63) is 17.4 Å². The van der Waals surface area contributed by atoms with Gasteiger partial charge in [-0.1, -0.05) is 0 Å². The first-order chi connectivity index (χ1) is 7.18. The molecule has 0 saturated heterocycles. The third-order valence-corrected chi connectivity index (χ3v) is 2.59. The van der Waals surface area contributed by atoms with Gasteiger partial charge in [0.05, 0.1) is 5.69 Å². The van der Waals surface area contributed by atoms with Gasteiger partial charge in [0, 0.05) is 5.38 Å². The van der Waals surface area contributed by atoms with E-state index < -0.39 is 12.0 Å². The molecule has 2 aromatic heterocycles. The molecule has 0 aliphatic carbocycles. The fraction of sp³-hybridized carbons (Fsp3) is 0.143. The van der Waals surface area contributed by atoms with Gasteiger partial charge in [0.2, 0.25) is 0 Å². The Morgan fingerprint density at radius 1 is 1.67 bits per heavy atom. The Morgan fingerprint density at radius 3 is 3.07 bits per heavy atom. The Hall–Kier alpha value is -1.80. The Labute approximate surface area is 88.0 Å². The van der Waals surface area contributed by atoms with E-state index in [0.717, 1.165) is 0 Å². The van der Waals surface area contributed by atoms with Crippen LogP contribution in [0.5, 0.6) is 0 Å². The fourth-order valence-electron chi connectivity index (χ4n) is 0.973. The molecule has 1 atom stereocenters. The number of hydrogen-bond acceptors (Lipinski definition) is 6. The number of aromatic nitrogens is 4. The Morgan fingerprint density at radius 2 is 2.47 bits per heavy atom. The van der Waals surface area contributed by atoms with Gasteiger partial charge in [-0.2, -0.15) is 5.10 Å². The molecule has 2 heterocycles. The monoisotopic (exact) mass is 225 g/mol. The van der Waals surface area contributed by atoms with E-state index in [-0.39, 0.29) is 0 Å². The largest absolute Gasteiger partial charge is 0.480 e. The number of carboxylic acids is 1. The standard InChI is InChI=1S/C7H7N5O2S/c8-4(7(13)14)3-1-15-6(11-3)5-9-2-10-12-5/h1-2,4H,8H2,(H,13,14)(H,9,10,12). The molecule has 0 bridgehead atoms. The number of nitrogens with two attached hydrogens (primary N) is 1. The van der Waals surface area contributed by atoms with Gasteiger partial charge in [0.15, 0.2) is 10.8 Å². The minimum absolute atomic E-state index is 0.318. The lowest BCUT2D eigenvalue weighted by atomic mass is 10.2. The summed E-state index contributed by atoms with van der Waals surface area (Å²) in [4.78, 5) is 18.5. The van der Waals surface area contributed by atoms with Crippen molar-refractivity contribution in [1.82, 2.24) is 20.2 Å². The van der Waals surface area contributed by atoms with Crippen molar-refractivity contribution in [2.45, 2.75) is 6.04 Å². The summed E-state index contributed by atoms with van der Waals surface area (Å²) in [6.45, 7) is 0. The predicted molar refractivity (Wildman–Crippen MR) is 52.1 cm³/mol. The van der Waals surface area contributed by atoms with Crippen molar-refractivity contribution < 1.29 is 9.90 Å². The van der Waals surface area contributed by atoms with Crippen LogP contribution in [0.1, 0.15) is 11.7 Å². The molecular weight excluding hydrogens is 218 g/mol. The van der Waals surface area contributed by atoms with Crippen LogP contribution in [0.4, 0.5) is 0 Å². The van der Waals surface area contributed by atoms with Crippen molar-refractivity contribution >= 4 is 17.3 Å². The highest BCUT2D eigenvalue weighted by atomic mass is 32.1. The molecule has 1 unspecified atom stereocenters. The maximum Gasteiger partial charge on any atom is 0.326 e. The van der Waals surface area contributed by atoms with Crippen LogP contribution < -0.4 is 5.73 Å². The predicted octanol–water partition coefficient (Wildman–Crippen LogP) is 0.0126. The van der Waals surface area contributed by atoms with Crippen molar-refractivity contribution in [3.63, 3.8) is 0 Å². The van der Waals surface area contributed by atoms with E-state index in [0.29, 0.717) is 16.5 Å². The molecule has 78 valence electrons. The summed E-state index contributed by atoms with van der Waals surface area (Å²) in [6.07, 6.45) is 1.35. The van der Waals surface area contributed by atoms with E-state index in [2.05, 4.69) is 20.2 Å². The molecule has 8 heteroatoms. The van der Waals surface area contributed by atoms with Crippen LogP contribution >= 0.6 is 11.3 Å². The maximum atomic E-state index is 10.6. The quantitative estimate of drug-likeness (QED) is 0.677. The average Bonchev–Trinajstić information content (AvgIpc) is 2.86. The Bertz CT molecular complexity index is 465. The van der Waals surface area contributed by atoms with Crippen LogP contribution in [0, 0.1) is 0 Å². The zero-order valence-corrected chi connectivity index (χ0v) is 8.23. The van der Waals surface area contributed by atoms with E-state index in [1.54, 1.807) is 5.38 Å². The second-order valence-corrected chi connectivity index (χ2v) is 3.59. The molecule has 2 rings (SSSR count). The van der Waals surface area contributed by atoms with E-state index in [4.69, 9.17) is 10.8 Å². The number of aliphatic carboxylic acids is 1. The first-order valence-electron chi connectivity index (χ1n) is 3.98. The lowest BCUT2D eigenvalue weighted by Crippen LogP contribution is -2.20. The first-order valence-corrected chi connectivity index (χ1v) is 4.86. The summed E-state index contributed by atoms with van der Waals surface area (Å²) in [5.41, 5.74) is 5.72. The van der Waals surface area contributed by atoms with E-state index in [1.165, 1.54) is 17.7 Å². The molecule has 0 aromatic carbocycles. The smallest absolute Gasteiger partial charge is 0.326 e. The minimum atomic E-state index is -1.11. The first kappa shape index (κ1) is 9.74. The molecule has 2 aromatic rings. The van der Waals surface area contributed by atoms with Gasteiger partial charge in [0.25, 0.3) is 0 Å². The molecule has 0 radical (unpaired) electrons. The zero-order valence-electron chi connectivity index (χ0n) is 7.41. The number of carbonyl (C=O) groups is 1. The van der Waals surface area contributed by atoms with Gasteiger partial charge in [-0.05, 0) is 0 Å². The normalized spacial score (nSPS) is 12.6. The summed E-state index contributed by atoms with van der Waals surface area (Å²) in [6, 6.07) is -1.10. The SMILES string of the molecule is NC(C(=O)O)c1csc(-c2ncn[nH]2)n1. The van der Waals surface area contributed by atoms with Crippen LogP contribution in [-0.2, 0) is 4.79 Å². The second-order valence-electron chi connectivity index (χ2n) is 2.73. The summed E-state index contributed by atoms with van der Waals surface area (Å²) < 4.78 is 0. The van der Waals surface area contributed by atoms with E-state index >= 15 is 0 Å². The topological polar surface area (TPSA) is 118 Å². The number of rotatable bonds is 3. The van der Waals surface area contributed by atoms with Crippen LogP contribution in [-0.4, -0.2) is 31.2 Å². The molecule has 0 amide bonds. The van der Waals surface area contributed by atoms with Crippen LogP contribution in [0.2, 0.25) is 0 Å². The molecule has 15 heavy (non-hydrogen) atoms. The molecule has 0 aliphatic rings. The summed E-state index contributed by atoms with van der Waals surface area (Å²) in [7, 11) is 0. The number of H-pyrrole nitrogens is 1. The van der Waals surface area contributed by atoms with Crippen molar-refractivity contribution in [2.75, 3.05) is 0 Å². The average molecular weight is 225 g/mol. The Balaban J connectivity index is 2.28.